The summed E-state index contributed by atoms with van der Waals surface area (Å²) in [4.78, 5) is 34.5. The van der Waals surface area contributed by atoms with Crippen molar-refractivity contribution in [1.29, 1.82) is 0 Å². The molecule has 0 bridgehead atoms. The maximum atomic E-state index is 12.5. The summed E-state index contributed by atoms with van der Waals surface area (Å²) in [5, 5.41) is 0. The van der Waals surface area contributed by atoms with Crippen molar-refractivity contribution in [3.8, 4) is 0 Å². The lowest BCUT2D eigenvalue weighted by Gasteiger charge is -2.34. The first-order chi connectivity index (χ1) is 14.2. The largest absolute Gasteiger partial charge is 0.337 e. The van der Waals surface area contributed by atoms with Crippen LogP contribution in [0.15, 0.2) is 54.9 Å². The van der Waals surface area contributed by atoms with Gasteiger partial charge in [0, 0.05) is 69.8 Å². The summed E-state index contributed by atoms with van der Waals surface area (Å²) in [6, 6.07) is 11.9. The highest BCUT2D eigenvalue weighted by atomic mass is 16.2. The van der Waals surface area contributed by atoms with Gasteiger partial charge in [-0.1, -0.05) is 12.1 Å². The molecule has 2 aromatic rings. The standard InChI is InChI=1S/C23H26N4O2/c28-22(26-16-14-25(15-17-26)18-20-9-11-24-12-10-20)8-5-19-3-6-21(7-4-19)27-13-1-2-23(27)29/h3-12H,1-2,13-18H2/b8-5+. The molecule has 0 saturated carbocycles. The van der Waals surface area contributed by atoms with Crippen LogP contribution < -0.4 is 4.90 Å². The fourth-order valence-corrected chi connectivity index (χ4v) is 3.83. The molecule has 6 heteroatoms. The third-order valence-corrected chi connectivity index (χ3v) is 5.54. The van der Waals surface area contributed by atoms with E-state index in [9.17, 15) is 9.59 Å². The zero-order chi connectivity index (χ0) is 20.1. The number of piperazine rings is 1. The molecule has 1 aromatic carbocycles. The van der Waals surface area contributed by atoms with E-state index in [-0.39, 0.29) is 11.8 Å². The highest BCUT2D eigenvalue weighted by Crippen LogP contribution is 2.22. The molecule has 2 saturated heterocycles. The summed E-state index contributed by atoms with van der Waals surface area (Å²) in [5.74, 6) is 0.235. The molecule has 0 aliphatic carbocycles. The van der Waals surface area contributed by atoms with Crippen LogP contribution in [0.5, 0.6) is 0 Å². The fraction of sp³-hybridized carbons (Fsp3) is 0.348. The Kier molecular flexibility index (Phi) is 6.00. The molecule has 6 nitrogen and oxygen atoms in total. The molecule has 2 aliphatic heterocycles. The molecule has 0 radical (unpaired) electrons. The van der Waals surface area contributed by atoms with Gasteiger partial charge in [-0.25, -0.2) is 0 Å². The van der Waals surface area contributed by atoms with Crippen molar-refractivity contribution in [2.24, 2.45) is 0 Å². The Morgan fingerprint density at radius 3 is 2.34 bits per heavy atom. The van der Waals surface area contributed by atoms with E-state index in [1.165, 1.54) is 5.56 Å². The Hall–Kier alpha value is -2.99. The van der Waals surface area contributed by atoms with Crippen molar-refractivity contribution in [3.63, 3.8) is 0 Å². The van der Waals surface area contributed by atoms with Gasteiger partial charge in [0.15, 0.2) is 0 Å². The number of hydrogen-bond donors (Lipinski definition) is 0. The molecular formula is C23H26N4O2. The predicted octanol–water partition coefficient (Wildman–Crippen LogP) is 2.57. The number of nitrogens with zero attached hydrogens (tertiary/aromatic N) is 4. The van der Waals surface area contributed by atoms with Crippen molar-refractivity contribution in [1.82, 2.24) is 14.8 Å². The third-order valence-electron chi connectivity index (χ3n) is 5.54. The maximum absolute atomic E-state index is 12.5. The molecule has 0 unspecified atom stereocenters. The minimum atomic E-state index is 0.0485. The summed E-state index contributed by atoms with van der Waals surface area (Å²) >= 11 is 0. The first-order valence-corrected chi connectivity index (χ1v) is 10.2. The summed E-state index contributed by atoms with van der Waals surface area (Å²) in [7, 11) is 0. The van der Waals surface area contributed by atoms with Gasteiger partial charge >= 0.3 is 0 Å². The van der Waals surface area contributed by atoms with Crippen LogP contribution in [0.1, 0.15) is 24.0 Å². The lowest BCUT2D eigenvalue weighted by atomic mass is 10.1. The first kappa shape index (κ1) is 19.3. The van der Waals surface area contributed by atoms with Crippen LogP contribution in [-0.4, -0.2) is 59.3 Å². The van der Waals surface area contributed by atoms with Crippen molar-refractivity contribution in [3.05, 3.63) is 66.0 Å². The van der Waals surface area contributed by atoms with Gasteiger partial charge in [0.1, 0.15) is 0 Å². The molecule has 3 heterocycles. The quantitative estimate of drug-likeness (QED) is 0.737. The Morgan fingerprint density at radius 1 is 0.966 bits per heavy atom. The van der Waals surface area contributed by atoms with E-state index in [0.29, 0.717) is 6.42 Å². The van der Waals surface area contributed by atoms with E-state index in [1.54, 1.807) is 6.08 Å². The average Bonchev–Trinajstić information content (AvgIpc) is 3.19. The van der Waals surface area contributed by atoms with Gasteiger partial charge in [-0.3, -0.25) is 19.5 Å². The van der Waals surface area contributed by atoms with Gasteiger partial charge in [-0.15, -0.1) is 0 Å². The van der Waals surface area contributed by atoms with Gasteiger partial charge in [-0.05, 0) is 47.9 Å². The van der Waals surface area contributed by atoms with Gasteiger partial charge in [0.05, 0.1) is 0 Å². The molecule has 2 aliphatic rings. The number of carbonyl (C=O) groups excluding carboxylic acids is 2. The average molecular weight is 390 g/mol. The highest BCUT2D eigenvalue weighted by Gasteiger charge is 2.21. The minimum Gasteiger partial charge on any atom is -0.337 e. The number of carbonyl (C=O) groups is 2. The van der Waals surface area contributed by atoms with E-state index >= 15 is 0 Å². The fourth-order valence-electron chi connectivity index (χ4n) is 3.83. The molecule has 150 valence electrons. The van der Waals surface area contributed by atoms with Crippen LogP contribution in [0, 0.1) is 0 Å². The molecule has 0 spiro atoms. The lowest BCUT2D eigenvalue weighted by Crippen LogP contribution is -2.47. The van der Waals surface area contributed by atoms with E-state index < -0.39 is 0 Å². The van der Waals surface area contributed by atoms with Crippen LogP contribution in [0.4, 0.5) is 5.69 Å². The van der Waals surface area contributed by atoms with Crippen molar-refractivity contribution < 1.29 is 9.59 Å². The van der Waals surface area contributed by atoms with Gasteiger partial charge in [0.2, 0.25) is 11.8 Å². The Bertz CT molecular complexity index is 872. The molecule has 2 amide bonds. The van der Waals surface area contributed by atoms with Crippen LogP contribution in [0.25, 0.3) is 6.08 Å². The zero-order valence-electron chi connectivity index (χ0n) is 16.5. The number of hydrogen-bond acceptors (Lipinski definition) is 4. The van der Waals surface area contributed by atoms with Crippen LogP contribution in [-0.2, 0) is 16.1 Å². The monoisotopic (exact) mass is 390 g/mol. The highest BCUT2D eigenvalue weighted by molar-refractivity contribution is 5.95. The van der Waals surface area contributed by atoms with Gasteiger partial charge < -0.3 is 9.80 Å². The summed E-state index contributed by atoms with van der Waals surface area (Å²) < 4.78 is 0. The van der Waals surface area contributed by atoms with Crippen molar-refractivity contribution in [2.75, 3.05) is 37.6 Å². The topological polar surface area (TPSA) is 56.8 Å². The number of rotatable bonds is 5. The number of aromatic nitrogens is 1. The number of pyridine rings is 1. The van der Waals surface area contributed by atoms with Gasteiger partial charge in [-0.2, -0.15) is 0 Å². The second-order valence-electron chi connectivity index (χ2n) is 7.53. The lowest BCUT2D eigenvalue weighted by molar-refractivity contribution is -0.127. The predicted molar refractivity (Wildman–Crippen MR) is 113 cm³/mol. The molecule has 4 rings (SSSR count). The Morgan fingerprint density at radius 2 is 1.69 bits per heavy atom. The second kappa shape index (κ2) is 9.01. The summed E-state index contributed by atoms with van der Waals surface area (Å²) in [6.45, 7) is 4.92. The van der Waals surface area contributed by atoms with Crippen LogP contribution in [0.3, 0.4) is 0 Å². The number of anilines is 1. The minimum absolute atomic E-state index is 0.0485. The van der Waals surface area contributed by atoms with E-state index in [2.05, 4.69) is 9.88 Å². The normalized spacial score (nSPS) is 18.0. The van der Waals surface area contributed by atoms with E-state index in [4.69, 9.17) is 0 Å². The molecule has 0 N–H and O–H groups in total. The molecule has 29 heavy (non-hydrogen) atoms. The molecule has 0 atom stereocenters. The zero-order valence-corrected chi connectivity index (χ0v) is 16.5. The molecule has 2 fully saturated rings. The summed E-state index contributed by atoms with van der Waals surface area (Å²) in [5.41, 5.74) is 3.14. The summed E-state index contributed by atoms with van der Waals surface area (Å²) in [6.07, 6.45) is 8.68. The second-order valence-corrected chi connectivity index (χ2v) is 7.53. The Labute approximate surface area is 171 Å². The molecular weight excluding hydrogens is 364 g/mol. The first-order valence-electron chi connectivity index (χ1n) is 10.2. The molecule has 1 aromatic heterocycles. The van der Waals surface area contributed by atoms with E-state index in [1.807, 2.05) is 64.7 Å². The van der Waals surface area contributed by atoms with E-state index in [0.717, 1.165) is 56.9 Å². The maximum Gasteiger partial charge on any atom is 0.246 e. The van der Waals surface area contributed by atoms with Crippen LogP contribution >= 0.6 is 0 Å². The van der Waals surface area contributed by atoms with Gasteiger partial charge in [0.25, 0.3) is 0 Å². The number of benzene rings is 1. The smallest absolute Gasteiger partial charge is 0.246 e. The van der Waals surface area contributed by atoms with Crippen molar-refractivity contribution >= 4 is 23.6 Å². The van der Waals surface area contributed by atoms with Crippen molar-refractivity contribution in [2.45, 2.75) is 19.4 Å². The van der Waals surface area contributed by atoms with Crippen LogP contribution in [0.2, 0.25) is 0 Å². The SMILES string of the molecule is O=C(/C=C/c1ccc(N2CCCC2=O)cc1)N1CCN(Cc2ccncc2)CC1. The Balaban J connectivity index is 1.27. The third kappa shape index (κ3) is 4.90. The number of amides is 2.